The lowest BCUT2D eigenvalue weighted by molar-refractivity contribution is 0.0283. The first-order valence-electron chi connectivity index (χ1n) is 32.9. The van der Waals surface area contributed by atoms with Gasteiger partial charge in [-0.1, -0.05) is 12.1 Å². The Balaban J connectivity index is 0.595. The van der Waals surface area contributed by atoms with Crippen LogP contribution in [0.4, 0.5) is 46.0 Å². The summed E-state index contributed by atoms with van der Waals surface area (Å²) in [6.45, 7) is 16.3. The number of hydrogen-bond acceptors (Lipinski definition) is 20. The number of ether oxygens (including phenoxy) is 2. The van der Waals surface area contributed by atoms with E-state index in [-0.39, 0.29) is 28.4 Å². The molecule has 9 fully saturated rings. The van der Waals surface area contributed by atoms with E-state index in [1.807, 2.05) is 53.5 Å². The number of nitrogens with two attached hydrogens (primary N) is 1. The fourth-order valence-electron chi connectivity index (χ4n) is 15.4. The van der Waals surface area contributed by atoms with Gasteiger partial charge in [0.2, 0.25) is 0 Å². The number of aromatic nitrogens is 6. The van der Waals surface area contributed by atoms with Gasteiger partial charge in [0.05, 0.1) is 11.4 Å². The standard InChI is InChI=1S/C67H84N18O4/c68-60(86)58-61(75-63(56(73-58)54-5-1-3-27-69-54)84-33-21-66(84)23-43-88-44-24-66)71-47-7-11-49(12-8-47)79-31-19-53(20-32-79)82-39-41-83(42-40-82)77-65(87)59-62(76-64(57(74-59)55-6-2-4-28-70-55)85-34-22-67(85)25-45-89-46-26-67)72-48-9-13-50(14-10-48)78-29-17-52(18-30-78)81-37-35-80(36-38-81)51-15-16-51/h1-14,27-28,51-53H,15-26,29-46H2,(H2,68,86)(H,71,75)(H,72,76)(H,77,87). The minimum atomic E-state index is -0.663. The van der Waals surface area contributed by atoms with E-state index >= 15 is 0 Å². The van der Waals surface area contributed by atoms with Crippen molar-refractivity contribution in [2.45, 2.75) is 106 Å². The van der Waals surface area contributed by atoms with Crippen LogP contribution in [0.5, 0.6) is 0 Å². The first kappa shape index (κ1) is 57.8. The highest BCUT2D eigenvalue weighted by atomic mass is 16.5. The van der Waals surface area contributed by atoms with Gasteiger partial charge < -0.3 is 45.4 Å². The third kappa shape index (κ3) is 11.9. The van der Waals surface area contributed by atoms with Crippen LogP contribution in [0.25, 0.3) is 22.8 Å². The van der Waals surface area contributed by atoms with Crippen molar-refractivity contribution in [3.8, 4) is 22.8 Å². The summed E-state index contributed by atoms with van der Waals surface area (Å²) in [6.07, 6.45) is 16.4. The van der Waals surface area contributed by atoms with E-state index in [2.05, 4.69) is 91.7 Å². The number of rotatable bonds is 16. The van der Waals surface area contributed by atoms with E-state index < -0.39 is 5.91 Å². The van der Waals surface area contributed by atoms with Crippen LogP contribution in [0.1, 0.15) is 98.0 Å². The molecule has 15 rings (SSSR count). The zero-order chi connectivity index (χ0) is 59.9. The van der Waals surface area contributed by atoms with Crippen LogP contribution in [0, 0.1) is 0 Å². The van der Waals surface area contributed by atoms with Crippen LogP contribution in [0.15, 0.2) is 97.3 Å². The number of nitrogens with zero attached hydrogens (tertiary/aromatic N) is 14. The first-order chi connectivity index (χ1) is 43.7. The molecule has 1 aliphatic carbocycles. The summed E-state index contributed by atoms with van der Waals surface area (Å²) >= 11 is 0. The number of piperazine rings is 2. The molecule has 2 spiro atoms. The van der Waals surface area contributed by atoms with Crippen molar-refractivity contribution in [3.63, 3.8) is 0 Å². The van der Waals surface area contributed by atoms with Gasteiger partial charge in [-0.05, 0) is 150 Å². The van der Waals surface area contributed by atoms with Crippen molar-refractivity contribution >= 4 is 57.8 Å². The van der Waals surface area contributed by atoms with Crippen LogP contribution < -0.4 is 41.4 Å². The van der Waals surface area contributed by atoms with Crippen LogP contribution in [-0.4, -0.2) is 209 Å². The lowest BCUT2D eigenvalue weighted by Gasteiger charge is -2.55. The monoisotopic (exact) mass is 1200 g/mol. The lowest BCUT2D eigenvalue weighted by Crippen LogP contribution is -2.63. The highest BCUT2D eigenvalue weighted by Crippen LogP contribution is 2.47. The van der Waals surface area contributed by atoms with Crippen molar-refractivity contribution in [2.24, 2.45) is 5.73 Å². The molecule has 2 amide bonds. The van der Waals surface area contributed by atoms with E-state index in [1.54, 1.807) is 12.4 Å². The molecule has 89 heavy (non-hydrogen) atoms. The van der Waals surface area contributed by atoms with Crippen LogP contribution in [0.2, 0.25) is 0 Å². The van der Waals surface area contributed by atoms with Crippen molar-refractivity contribution in [1.29, 1.82) is 0 Å². The molecular formula is C67H84N18O4. The van der Waals surface area contributed by atoms with Gasteiger partial charge in [0.15, 0.2) is 34.7 Å². The molecule has 0 atom stereocenters. The third-order valence-electron chi connectivity index (χ3n) is 21.1. The molecule has 12 heterocycles. The summed E-state index contributed by atoms with van der Waals surface area (Å²) in [5.74, 6) is 1.22. The van der Waals surface area contributed by atoms with Crippen LogP contribution in [0.3, 0.4) is 0 Å². The van der Waals surface area contributed by atoms with Gasteiger partial charge >= 0.3 is 0 Å². The molecule has 0 unspecified atom stereocenters. The Bertz CT molecular complexity index is 3440. The Labute approximate surface area is 521 Å². The Kier molecular flexibility index (Phi) is 16.2. The molecule has 5 N–H and O–H groups in total. The molecule has 0 bridgehead atoms. The van der Waals surface area contributed by atoms with E-state index in [9.17, 15) is 9.59 Å². The van der Waals surface area contributed by atoms with Gasteiger partial charge in [-0.2, -0.15) is 0 Å². The first-order valence-corrected chi connectivity index (χ1v) is 32.9. The molecule has 0 radical (unpaired) electrons. The maximum absolute atomic E-state index is 14.9. The number of carbonyl (C=O) groups is 2. The van der Waals surface area contributed by atoms with Gasteiger partial charge in [-0.25, -0.2) is 24.9 Å². The number of amides is 2. The predicted octanol–water partition coefficient (Wildman–Crippen LogP) is 7.18. The van der Waals surface area contributed by atoms with Gasteiger partial charge in [-0.15, -0.1) is 0 Å². The molecule has 6 aromatic rings. The van der Waals surface area contributed by atoms with E-state index in [1.165, 1.54) is 57.5 Å². The minimum Gasteiger partial charge on any atom is -0.381 e. The molecule has 466 valence electrons. The Hall–Kier alpha value is -7.60. The van der Waals surface area contributed by atoms with E-state index in [0.717, 1.165) is 133 Å². The number of anilines is 8. The number of primary amides is 1. The minimum absolute atomic E-state index is 0.0652. The number of hydrazine groups is 1. The predicted molar refractivity (Wildman–Crippen MR) is 345 cm³/mol. The van der Waals surface area contributed by atoms with Crippen molar-refractivity contribution < 1.29 is 19.1 Å². The number of piperidine rings is 2. The van der Waals surface area contributed by atoms with Gasteiger partial charge in [-0.3, -0.25) is 39.7 Å². The van der Waals surface area contributed by atoms with Gasteiger partial charge in [0, 0.05) is 182 Å². The summed E-state index contributed by atoms with van der Waals surface area (Å²) in [5.41, 5.74) is 15.9. The Morgan fingerprint density at radius 2 is 0.876 bits per heavy atom. The van der Waals surface area contributed by atoms with Crippen molar-refractivity contribution in [1.82, 2.24) is 55.0 Å². The smallest absolute Gasteiger partial charge is 0.288 e. The Morgan fingerprint density at radius 3 is 1.27 bits per heavy atom. The highest BCUT2D eigenvalue weighted by Gasteiger charge is 2.49. The number of benzene rings is 2. The van der Waals surface area contributed by atoms with Crippen molar-refractivity contribution in [3.05, 3.63) is 109 Å². The molecule has 4 aromatic heterocycles. The third-order valence-corrected chi connectivity index (χ3v) is 21.1. The maximum Gasteiger partial charge on any atom is 0.288 e. The molecular weight excluding hydrogens is 1120 g/mol. The summed E-state index contributed by atoms with van der Waals surface area (Å²) in [4.78, 5) is 75.7. The lowest BCUT2D eigenvalue weighted by atomic mass is 9.78. The fourth-order valence-corrected chi connectivity index (χ4v) is 15.4. The van der Waals surface area contributed by atoms with Gasteiger partial charge in [0.25, 0.3) is 11.8 Å². The number of pyridine rings is 2. The molecule has 22 heteroatoms. The SMILES string of the molecule is NC(=O)c1nc(-c2ccccn2)c(N2CCC23CCOCC3)nc1Nc1ccc(N2CCC(N3CCN(NC(=O)c4nc(-c5ccccn5)c(N5CCC56CCOCC6)nc4Nc4ccc(N5CCC(N6CCN(C7CC7)CC6)CC5)cc4)CC3)CC2)cc1. The maximum atomic E-state index is 14.9. The molecule has 2 aromatic carbocycles. The molecule has 9 aliphatic rings. The second kappa shape index (κ2) is 25.0. The van der Waals surface area contributed by atoms with Crippen LogP contribution in [-0.2, 0) is 9.47 Å². The second-order valence-electron chi connectivity index (χ2n) is 26.0. The molecule has 8 aliphatic heterocycles. The number of carbonyl (C=O) groups excluding carboxylic acids is 2. The van der Waals surface area contributed by atoms with Crippen molar-refractivity contribution in [2.75, 3.05) is 148 Å². The largest absolute Gasteiger partial charge is 0.381 e. The molecule has 1 saturated carbocycles. The summed E-state index contributed by atoms with van der Waals surface area (Å²) in [5, 5.41) is 9.07. The van der Waals surface area contributed by atoms with Crippen LogP contribution >= 0.6 is 0 Å². The van der Waals surface area contributed by atoms with Gasteiger partial charge in [0.1, 0.15) is 11.4 Å². The summed E-state index contributed by atoms with van der Waals surface area (Å²) < 4.78 is 11.6. The normalized spacial score (nSPS) is 22.2. The quantitative estimate of drug-likeness (QED) is 0.0755. The van der Waals surface area contributed by atoms with E-state index in [0.29, 0.717) is 91.8 Å². The number of nitrogens with one attached hydrogen (secondary N) is 3. The second-order valence-corrected chi connectivity index (χ2v) is 26.0. The summed E-state index contributed by atoms with van der Waals surface area (Å²) in [7, 11) is 0. The number of hydrogen-bond donors (Lipinski definition) is 4. The Morgan fingerprint density at radius 1 is 0.461 bits per heavy atom. The zero-order valence-corrected chi connectivity index (χ0v) is 51.2. The average Bonchev–Trinajstić information content (AvgIpc) is 1.27. The fraction of sp³-hybridized carbons (Fsp3) is 0.522. The summed E-state index contributed by atoms with van der Waals surface area (Å²) in [6, 6.07) is 30.4. The molecule has 8 saturated heterocycles. The average molecular weight is 1210 g/mol. The molecule has 22 nitrogen and oxygen atoms in total. The topological polar surface area (TPSA) is 218 Å². The van der Waals surface area contributed by atoms with E-state index in [4.69, 9.17) is 40.1 Å². The zero-order valence-electron chi connectivity index (χ0n) is 51.2. The highest BCUT2D eigenvalue weighted by molar-refractivity contribution is 5.99.